The van der Waals surface area contributed by atoms with Gasteiger partial charge in [0.2, 0.25) is 15.0 Å². The number of hydrogen-bond acceptors (Lipinski definition) is 5. The zero-order valence-corrected chi connectivity index (χ0v) is 11.8. The minimum Gasteiger partial charge on any atom is -0.348 e. The minimum absolute atomic E-state index is 0.0169. The standard InChI is InChI=1S/C10H14ClN3O3S/c1-4-6(2)13-9(15)8-7(11)5-12-10(14-8)18(3,16)17/h5-6H,4H2,1-3H3,(H,13,15). The second-order valence-electron chi connectivity index (χ2n) is 3.90. The number of aromatic nitrogens is 2. The Hall–Kier alpha value is -1.21. The molecule has 0 aliphatic carbocycles. The maximum Gasteiger partial charge on any atom is 0.271 e. The Kier molecular flexibility index (Phi) is 4.64. The summed E-state index contributed by atoms with van der Waals surface area (Å²) in [6.45, 7) is 3.74. The first kappa shape index (κ1) is 14.8. The van der Waals surface area contributed by atoms with E-state index in [0.717, 1.165) is 18.9 Å². The van der Waals surface area contributed by atoms with Crippen LogP contribution < -0.4 is 5.32 Å². The summed E-state index contributed by atoms with van der Waals surface area (Å²) >= 11 is 5.79. The molecule has 1 unspecified atom stereocenters. The van der Waals surface area contributed by atoms with Crippen LogP contribution in [0.5, 0.6) is 0 Å². The van der Waals surface area contributed by atoms with Crippen molar-refractivity contribution in [1.82, 2.24) is 15.3 Å². The molecular formula is C10H14ClN3O3S. The lowest BCUT2D eigenvalue weighted by Gasteiger charge is -2.11. The van der Waals surface area contributed by atoms with E-state index in [0.29, 0.717) is 0 Å². The van der Waals surface area contributed by atoms with E-state index >= 15 is 0 Å². The molecule has 8 heteroatoms. The summed E-state index contributed by atoms with van der Waals surface area (Å²) in [5.41, 5.74) is -0.132. The zero-order chi connectivity index (χ0) is 13.9. The number of sulfone groups is 1. The number of rotatable bonds is 4. The Morgan fingerprint density at radius 3 is 2.67 bits per heavy atom. The van der Waals surface area contributed by atoms with Gasteiger partial charge in [-0.3, -0.25) is 4.79 Å². The third-order valence-electron chi connectivity index (χ3n) is 2.26. The number of nitrogens with zero attached hydrogens (tertiary/aromatic N) is 2. The normalized spacial score (nSPS) is 13.1. The SMILES string of the molecule is CCC(C)NC(=O)c1nc(S(C)(=O)=O)ncc1Cl. The van der Waals surface area contributed by atoms with Crippen molar-refractivity contribution in [3.63, 3.8) is 0 Å². The van der Waals surface area contributed by atoms with Crippen molar-refractivity contribution in [3.8, 4) is 0 Å². The maximum atomic E-state index is 11.8. The number of carbonyl (C=O) groups is 1. The first-order valence-electron chi connectivity index (χ1n) is 5.29. The second kappa shape index (κ2) is 5.62. The van der Waals surface area contributed by atoms with Crippen molar-refractivity contribution < 1.29 is 13.2 Å². The van der Waals surface area contributed by atoms with E-state index in [1.807, 2.05) is 13.8 Å². The maximum absolute atomic E-state index is 11.8. The van der Waals surface area contributed by atoms with Crippen LogP contribution >= 0.6 is 11.6 Å². The molecular weight excluding hydrogens is 278 g/mol. The summed E-state index contributed by atoms with van der Waals surface area (Å²) < 4.78 is 22.6. The highest BCUT2D eigenvalue weighted by Gasteiger charge is 2.19. The number of hydrogen-bond donors (Lipinski definition) is 1. The Morgan fingerprint density at radius 1 is 1.56 bits per heavy atom. The van der Waals surface area contributed by atoms with Gasteiger partial charge in [-0.2, -0.15) is 0 Å². The van der Waals surface area contributed by atoms with Crippen LogP contribution in [0.4, 0.5) is 0 Å². The van der Waals surface area contributed by atoms with E-state index in [4.69, 9.17) is 11.6 Å². The molecule has 0 aliphatic rings. The molecule has 18 heavy (non-hydrogen) atoms. The third-order valence-corrected chi connectivity index (χ3v) is 3.40. The van der Waals surface area contributed by atoms with E-state index < -0.39 is 20.9 Å². The summed E-state index contributed by atoms with van der Waals surface area (Å²) in [5, 5.41) is 2.26. The summed E-state index contributed by atoms with van der Waals surface area (Å²) in [7, 11) is -3.57. The number of amides is 1. The van der Waals surface area contributed by atoms with Crippen molar-refractivity contribution in [2.75, 3.05) is 6.26 Å². The molecule has 0 fully saturated rings. The highest BCUT2D eigenvalue weighted by molar-refractivity contribution is 7.90. The van der Waals surface area contributed by atoms with Gasteiger partial charge in [0.25, 0.3) is 5.91 Å². The summed E-state index contributed by atoms with van der Waals surface area (Å²) in [6, 6.07) is -0.0507. The molecule has 0 spiro atoms. The van der Waals surface area contributed by atoms with Crippen LogP contribution in [0.15, 0.2) is 11.4 Å². The van der Waals surface area contributed by atoms with Gasteiger partial charge >= 0.3 is 0 Å². The second-order valence-corrected chi connectivity index (χ2v) is 6.22. The Balaban J connectivity index is 3.12. The van der Waals surface area contributed by atoms with Crippen molar-refractivity contribution >= 4 is 27.3 Å². The quantitative estimate of drug-likeness (QED) is 0.838. The van der Waals surface area contributed by atoms with Crippen LogP contribution in [0.25, 0.3) is 0 Å². The van der Waals surface area contributed by atoms with E-state index in [-0.39, 0.29) is 16.8 Å². The summed E-state index contributed by atoms with van der Waals surface area (Å²) in [6.07, 6.45) is 2.82. The van der Waals surface area contributed by atoms with Gasteiger partial charge in [-0.15, -0.1) is 0 Å². The molecule has 1 atom stereocenters. The summed E-state index contributed by atoms with van der Waals surface area (Å²) in [4.78, 5) is 19.1. The highest BCUT2D eigenvalue weighted by atomic mass is 35.5. The van der Waals surface area contributed by atoms with Gasteiger partial charge in [0, 0.05) is 12.3 Å². The van der Waals surface area contributed by atoms with Crippen LogP contribution in [0.2, 0.25) is 5.02 Å². The average molecular weight is 292 g/mol. The van der Waals surface area contributed by atoms with Gasteiger partial charge in [0.15, 0.2) is 5.69 Å². The molecule has 0 aromatic carbocycles. The van der Waals surface area contributed by atoms with Crippen molar-refractivity contribution in [2.45, 2.75) is 31.5 Å². The van der Waals surface area contributed by atoms with E-state index in [1.165, 1.54) is 0 Å². The molecule has 100 valence electrons. The summed E-state index contributed by atoms with van der Waals surface area (Å²) in [5.74, 6) is -0.512. The molecule has 0 aliphatic heterocycles. The Bertz CT molecular complexity index is 559. The van der Waals surface area contributed by atoms with E-state index in [1.54, 1.807) is 0 Å². The van der Waals surface area contributed by atoms with Crippen LogP contribution in [-0.2, 0) is 9.84 Å². The topological polar surface area (TPSA) is 89.0 Å². The molecule has 0 bridgehead atoms. The average Bonchev–Trinajstić information content (AvgIpc) is 2.27. The van der Waals surface area contributed by atoms with Gasteiger partial charge in [-0.1, -0.05) is 18.5 Å². The fourth-order valence-electron chi connectivity index (χ4n) is 1.08. The molecule has 0 saturated carbocycles. The molecule has 0 saturated heterocycles. The smallest absolute Gasteiger partial charge is 0.271 e. The largest absolute Gasteiger partial charge is 0.348 e. The third kappa shape index (κ3) is 3.64. The van der Waals surface area contributed by atoms with Gasteiger partial charge in [-0.25, -0.2) is 18.4 Å². The molecule has 0 radical (unpaired) electrons. The lowest BCUT2D eigenvalue weighted by Crippen LogP contribution is -2.33. The van der Waals surface area contributed by atoms with Crippen molar-refractivity contribution in [2.24, 2.45) is 0 Å². The van der Waals surface area contributed by atoms with Crippen LogP contribution in [-0.4, -0.2) is 36.6 Å². The molecule has 1 heterocycles. The molecule has 1 aromatic heterocycles. The van der Waals surface area contributed by atoms with Gasteiger partial charge in [-0.05, 0) is 13.3 Å². The predicted molar refractivity (Wildman–Crippen MR) is 67.4 cm³/mol. The minimum atomic E-state index is -3.57. The number of nitrogens with one attached hydrogen (secondary N) is 1. The number of carbonyl (C=O) groups excluding carboxylic acids is 1. The Morgan fingerprint density at radius 2 is 2.17 bits per heavy atom. The zero-order valence-electron chi connectivity index (χ0n) is 10.3. The van der Waals surface area contributed by atoms with Crippen molar-refractivity contribution in [3.05, 3.63) is 16.9 Å². The predicted octanol–water partition coefficient (Wildman–Crippen LogP) is 1.06. The van der Waals surface area contributed by atoms with Gasteiger partial charge in [0.05, 0.1) is 11.2 Å². The monoisotopic (exact) mass is 291 g/mol. The van der Waals surface area contributed by atoms with Crippen LogP contribution in [0, 0.1) is 0 Å². The molecule has 1 amide bonds. The highest BCUT2D eigenvalue weighted by Crippen LogP contribution is 2.14. The first-order valence-corrected chi connectivity index (χ1v) is 7.56. The first-order chi connectivity index (χ1) is 8.25. The molecule has 1 aromatic rings. The van der Waals surface area contributed by atoms with Crippen LogP contribution in [0.1, 0.15) is 30.8 Å². The molecule has 1 N–H and O–H groups in total. The lowest BCUT2D eigenvalue weighted by atomic mass is 10.2. The molecule has 1 rings (SSSR count). The fourth-order valence-corrected chi connectivity index (χ4v) is 1.76. The van der Waals surface area contributed by atoms with Crippen LogP contribution in [0.3, 0.4) is 0 Å². The molecule has 6 nitrogen and oxygen atoms in total. The van der Waals surface area contributed by atoms with Gasteiger partial charge < -0.3 is 5.32 Å². The Labute approximate surface area is 111 Å². The van der Waals surface area contributed by atoms with Crippen molar-refractivity contribution in [1.29, 1.82) is 0 Å². The van der Waals surface area contributed by atoms with Gasteiger partial charge in [0.1, 0.15) is 0 Å². The van der Waals surface area contributed by atoms with E-state index in [2.05, 4.69) is 15.3 Å². The fraction of sp³-hybridized carbons (Fsp3) is 0.500. The number of halogens is 1. The lowest BCUT2D eigenvalue weighted by molar-refractivity contribution is 0.0933. The van der Waals surface area contributed by atoms with E-state index in [9.17, 15) is 13.2 Å².